The summed E-state index contributed by atoms with van der Waals surface area (Å²) in [6.45, 7) is 0. The molecule has 3 aromatic rings. The first-order valence-corrected chi connectivity index (χ1v) is 9.83. The number of benzene rings is 1. The molecule has 0 atom stereocenters. The molecule has 0 unspecified atom stereocenters. The number of anilines is 3. The standard InChI is InChI=1S/C17H18N6O2S2/c1-25-12-5-3-2-4-10(12)11-9-27-16(20-11)23-15(24)6-7-26-17-21-13(18)8-14(19)22-17/h2-5,8-9H,6-7H2,1H3,(H,20,23,24)(H4,18,19,21,22). The van der Waals surface area contributed by atoms with E-state index in [9.17, 15) is 4.79 Å². The van der Waals surface area contributed by atoms with Crippen molar-refractivity contribution in [2.45, 2.75) is 11.6 Å². The molecule has 140 valence electrons. The highest BCUT2D eigenvalue weighted by molar-refractivity contribution is 7.99. The van der Waals surface area contributed by atoms with Gasteiger partial charge in [0.25, 0.3) is 0 Å². The van der Waals surface area contributed by atoms with Crippen LogP contribution in [0, 0.1) is 0 Å². The number of carbonyl (C=O) groups is 1. The quantitative estimate of drug-likeness (QED) is 0.406. The highest BCUT2D eigenvalue weighted by Crippen LogP contribution is 2.31. The van der Waals surface area contributed by atoms with E-state index >= 15 is 0 Å². The number of rotatable bonds is 7. The number of hydrogen-bond donors (Lipinski definition) is 3. The van der Waals surface area contributed by atoms with Crippen molar-refractivity contribution in [1.82, 2.24) is 15.0 Å². The Morgan fingerprint density at radius 1 is 1.22 bits per heavy atom. The van der Waals surface area contributed by atoms with Crippen LogP contribution in [0.1, 0.15) is 6.42 Å². The largest absolute Gasteiger partial charge is 0.496 e. The maximum atomic E-state index is 12.1. The maximum absolute atomic E-state index is 12.1. The van der Waals surface area contributed by atoms with E-state index in [1.807, 2.05) is 29.6 Å². The summed E-state index contributed by atoms with van der Waals surface area (Å²) in [6, 6.07) is 9.09. The molecule has 0 saturated heterocycles. The highest BCUT2D eigenvalue weighted by atomic mass is 32.2. The number of thioether (sulfide) groups is 1. The molecule has 27 heavy (non-hydrogen) atoms. The molecule has 0 aliphatic heterocycles. The average Bonchev–Trinajstić information content (AvgIpc) is 3.09. The van der Waals surface area contributed by atoms with Crippen LogP contribution in [-0.2, 0) is 4.79 Å². The number of amides is 1. The molecular formula is C17H18N6O2S2. The third kappa shape index (κ3) is 5.08. The summed E-state index contributed by atoms with van der Waals surface area (Å²) < 4.78 is 5.35. The van der Waals surface area contributed by atoms with Gasteiger partial charge in [-0.05, 0) is 12.1 Å². The summed E-state index contributed by atoms with van der Waals surface area (Å²) in [5.41, 5.74) is 12.9. The Kier molecular flexibility index (Phi) is 6.09. The minimum absolute atomic E-state index is 0.139. The molecule has 1 aromatic carbocycles. The number of methoxy groups -OCH3 is 1. The minimum atomic E-state index is -0.139. The van der Waals surface area contributed by atoms with E-state index in [0.29, 0.717) is 27.7 Å². The number of thiazole rings is 1. The third-order valence-corrected chi connectivity index (χ3v) is 5.05. The first-order valence-electron chi connectivity index (χ1n) is 7.97. The predicted molar refractivity (Wildman–Crippen MR) is 109 cm³/mol. The van der Waals surface area contributed by atoms with Crippen molar-refractivity contribution in [3.63, 3.8) is 0 Å². The van der Waals surface area contributed by atoms with Gasteiger partial charge in [0.1, 0.15) is 17.4 Å². The van der Waals surface area contributed by atoms with E-state index in [1.165, 1.54) is 29.2 Å². The van der Waals surface area contributed by atoms with Crippen LogP contribution < -0.4 is 21.5 Å². The van der Waals surface area contributed by atoms with Gasteiger partial charge in [0.05, 0.1) is 12.8 Å². The van der Waals surface area contributed by atoms with Crippen molar-refractivity contribution in [1.29, 1.82) is 0 Å². The minimum Gasteiger partial charge on any atom is -0.496 e. The van der Waals surface area contributed by atoms with Gasteiger partial charge in [-0.3, -0.25) is 4.79 Å². The Labute approximate surface area is 164 Å². The fourth-order valence-corrected chi connectivity index (χ4v) is 3.79. The average molecular weight is 403 g/mol. The van der Waals surface area contributed by atoms with E-state index in [4.69, 9.17) is 16.2 Å². The van der Waals surface area contributed by atoms with E-state index in [-0.39, 0.29) is 12.3 Å². The van der Waals surface area contributed by atoms with Crippen LogP contribution in [0.5, 0.6) is 5.75 Å². The zero-order valence-electron chi connectivity index (χ0n) is 14.5. The van der Waals surface area contributed by atoms with Crippen LogP contribution >= 0.6 is 23.1 Å². The molecule has 5 N–H and O–H groups in total. The Morgan fingerprint density at radius 2 is 1.96 bits per heavy atom. The number of hydrogen-bond acceptors (Lipinski definition) is 9. The fraction of sp³-hybridized carbons (Fsp3) is 0.176. The van der Waals surface area contributed by atoms with Gasteiger partial charge in [0.2, 0.25) is 5.91 Å². The second-order valence-electron chi connectivity index (χ2n) is 5.39. The molecule has 0 spiro atoms. The topological polar surface area (TPSA) is 129 Å². The fourth-order valence-electron chi connectivity index (χ4n) is 2.25. The number of nitrogens with zero attached hydrogens (tertiary/aromatic N) is 3. The molecule has 10 heteroatoms. The molecule has 0 radical (unpaired) electrons. The van der Waals surface area contributed by atoms with Crippen LogP contribution in [0.15, 0.2) is 40.9 Å². The molecule has 1 amide bonds. The van der Waals surface area contributed by atoms with Gasteiger partial charge in [-0.25, -0.2) is 15.0 Å². The zero-order valence-corrected chi connectivity index (χ0v) is 16.1. The molecule has 2 aromatic heterocycles. The van der Waals surface area contributed by atoms with Gasteiger partial charge in [0.15, 0.2) is 10.3 Å². The lowest BCUT2D eigenvalue weighted by Gasteiger charge is -2.05. The van der Waals surface area contributed by atoms with Gasteiger partial charge < -0.3 is 21.5 Å². The van der Waals surface area contributed by atoms with Crippen molar-refractivity contribution in [3.05, 3.63) is 35.7 Å². The Morgan fingerprint density at radius 3 is 2.70 bits per heavy atom. The molecule has 0 aliphatic rings. The van der Waals surface area contributed by atoms with Crippen LogP contribution in [0.3, 0.4) is 0 Å². The van der Waals surface area contributed by atoms with E-state index in [1.54, 1.807) is 7.11 Å². The lowest BCUT2D eigenvalue weighted by molar-refractivity contribution is -0.115. The number of ether oxygens (including phenoxy) is 1. The number of para-hydroxylation sites is 1. The molecule has 0 saturated carbocycles. The maximum Gasteiger partial charge on any atom is 0.226 e. The second-order valence-corrected chi connectivity index (χ2v) is 7.31. The summed E-state index contributed by atoms with van der Waals surface area (Å²) in [7, 11) is 1.61. The van der Waals surface area contributed by atoms with Crippen LogP contribution in [0.4, 0.5) is 16.8 Å². The predicted octanol–water partition coefficient (Wildman–Crippen LogP) is 2.89. The van der Waals surface area contributed by atoms with Crippen molar-refractivity contribution in [2.75, 3.05) is 29.6 Å². The zero-order chi connectivity index (χ0) is 19.2. The Hall–Kier alpha value is -2.85. The van der Waals surface area contributed by atoms with Crippen LogP contribution in [0.25, 0.3) is 11.3 Å². The summed E-state index contributed by atoms with van der Waals surface area (Å²) >= 11 is 2.68. The second kappa shape index (κ2) is 8.69. The third-order valence-electron chi connectivity index (χ3n) is 3.44. The molecular weight excluding hydrogens is 384 g/mol. The van der Waals surface area contributed by atoms with Gasteiger partial charge in [-0.15, -0.1) is 11.3 Å². The summed E-state index contributed by atoms with van der Waals surface area (Å²) in [6.07, 6.45) is 0.284. The Bertz CT molecular complexity index is 926. The van der Waals surface area contributed by atoms with Crippen LogP contribution in [-0.4, -0.2) is 33.7 Å². The van der Waals surface area contributed by atoms with Gasteiger partial charge in [-0.2, -0.15) is 0 Å². The number of nitrogens with one attached hydrogen (secondary N) is 1. The first kappa shape index (κ1) is 18.9. The monoisotopic (exact) mass is 402 g/mol. The first-order chi connectivity index (χ1) is 13.0. The molecule has 0 fully saturated rings. The number of nitrogen functional groups attached to an aromatic ring is 2. The van der Waals surface area contributed by atoms with Crippen molar-refractivity contribution >= 4 is 45.8 Å². The van der Waals surface area contributed by atoms with Crippen molar-refractivity contribution in [3.8, 4) is 17.0 Å². The Balaban J connectivity index is 1.55. The summed E-state index contributed by atoms with van der Waals surface area (Å²) in [5.74, 6) is 1.71. The molecule has 2 heterocycles. The molecule has 0 aliphatic carbocycles. The highest BCUT2D eigenvalue weighted by Gasteiger charge is 2.11. The SMILES string of the molecule is COc1ccccc1-c1csc(NC(=O)CCSc2nc(N)cc(N)n2)n1. The van der Waals surface area contributed by atoms with Gasteiger partial charge >= 0.3 is 0 Å². The smallest absolute Gasteiger partial charge is 0.226 e. The normalized spacial score (nSPS) is 10.6. The van der Waals surface area contributed by atoms with Crippen molar-refractivity contribution in [2.24, 2.45) is 0 Å². The lowest BCUT2D eigenvalue weighted by atomic mass is 10.1. The summed E-state index contributed by atoms with van der Waals surface area (Å²) in [4.78, 5) is 24.7. The van der Waals surface area contributed by atoms with Gasteiger partial charge in [-0.1, -0.05) is 23.9 Å². The molecule has 3 rings (SSSR count). The number of aromatic nitrogens is 3. The van der Waals surface area contributed by atoms with Crippen LogP contribution in [0.2, 0.25) is 0 Å². The van der Waals surface area contributed by atoms with Gasteiger partial charge in [0, 0.05) is 29.2 Å². The van der Waals surface area contributed by atoms with Crippen molar-refractivity contribution < 1.29 is 9.53 Å². The molecule has 0 bridgehead atoms. The van der Waals surface area contributed by atoms with E-state index < -0.39 is 0 Å². The van der Waals surface area contributed by atoms with E-state index in [2.05, 4.69) is 20.3 Å². The lowest BCUT2D eigenvalue weighted by Crippen LogP contribution is -2.12. The number of carbonyl (C=O) groups excluding carboxylic acids is 1. The van der Waals surface area contributed by atoms with E-state index in [0.717, 1.165) is 17.0 Å². The summed E-state index contributed by atoms with van der Waals surface area (Å²) in [5, 5.41) is 5.67. The molecule has 8 nitrogen and oxygen atoms in total. The number of nitrogens with two attached hydrogens (primary N) is 2.